The number of carbonyl (C=O) groups excluding carboxylic acids is 1. The lowest BCUT2D eigenvalue weighted by atomic mass is 10.0. The molecule has 0 spiro atoms. The number of rotatable bonds is 5. The molecular weight excluding hydrogens is 387 g/mol. The Hall–Kier alpha value is -3.40. The fourth-order valence-electron chi connectivity index (χ4n) is 3.39. The van der Waals surface area contributed by atoms with Crippen molar-refractivity contribution in [2.24, 2.45) is 11.5 Å². The summed E-state index contributed by atoms with van der Waals surface area (Å²) in [5, 5.41) is 3.86. The number of ether oxygens (including phenoxy) is 1. The molecule has 10 heteroatoms. The van der Waals surface area contributed by atoms with Crippen molar-refractivity contribution in [3.8, 4) is 5.75 Å². The van der Waals surface area contributed by atoms with Crippen molar-refractivity contribution in [1.29, 1.82) is 0 Å². The molecule has 4 rings (SSSR count). The molecule has 0 aliphatic heterocycles. The smallest absolute Gasteiger partial charge is 0.406 e. The van der Waals surface area contributed by atoms with Gasteiger partial charge >= 0.3 is 6.36 Å². The molecular formula is C19H16F3N5O2. The topological polar surface area (TPSA) is 116 Å². The number of nitrogens with two attached hydrogens (primary N) is 2. The molecule has 1 heterocycles. The van der Waals surface area contributed by atoms with Gasteiger partial charge in [-0.15, -0.1) is 13.2 Å². The minimum Gasteiger partial charge on any atom is -0.406 e. The van der Waals surface area contributed by atoms with E-state index in [2.05, 4.69) is 20.0 Å². The van der Waals surface area contributed by atoms with Crippen LogP contribution in [0.15, 0.2) is 48.8 Å². The first-order chi connectivity index (χ1) is 13.7. The Morgan fingerprint density at radius 3 is 2.45 bits per heavy atom. The van der Waals surface area contributed by atoms with Crippen molar-refractivity contribution in [2.75, 3.05) is 5.32 Å². The van der Waals surface area contributed by atoms with Crippen molar-refractivity contribution in [2.45, 2.75) is 24.4 Å². The number of carbonyl (C=O) groups is 1. The van der Waals surface area contributed by atoms with E-state index in [1.165, 1.54) is 30.6 Å². The Balaban J connectivity index is 1.68. The van der Waals surface area contributed by atoms with Gasteiger partial charge in [-0.1, -0.05) is 18.2 Å². The molecule has 29 heavy (non-hydrogen) atoms. The van der Waals surface area contributed by atoms with Gasteiger partial charge in [0, 0.05) is 11.4 Å². The van der Waals surface area contributed by atoms with Crippen LogP contribution in [0.3, 0.4) is 0 Å². The van der Waals surface area contributed by atoms with Gasteiger partial charge in [-0.25, -0.2) is 9.97 Å². The van der Waals surface area contributed by atoms with Gasteiger partial charge in [0.2, 0.25) is 0 Å². The van der Waals surface area contributed by atoms with E-state index in [-0.39, 0.29) is 17.4 Å². The highest BCUT2D eigenvalue weighted by Crippen LogP contribution is 2.48. The average Bonchev–Trinajstić information content (AvgIpc) is 3.31. The average molecular weight is 403 g/mol. The Morgan fingerprint density at radius 1 is 1.17 bits per heavy atom. The lowest BCUT2D eigenvalue weighted by Gasteiger charge is -2.21. The number of hydrogen-bond donors (Lipinski definition) is 3. The van der Waals surface area contributed by atoms with Crippen molar-refractivity contribution >= 4 is 22.6 Å². The number of halogens is 3. The molecule has 0 radical (unpaired) electrons. The molecule has 2 atom stereocenters. The zero-order valence-corrected chi connectivity index (χ0v) is 14.9. The fourth-order valence-corrected chi connectivity index (χ4v) is 3.39. The molecule has 2 aromatic carbocycles. The normalized spacial score (nSPS) is 21.0. The van der Waals surface area contributed by atoms with E-state index >= 15 is 0 Å². The zero-order valence-electron chi connectivity index (χ0n) is 14.9. The Kier molecular flexibility index (Phi) is 4.30. The molecule has 1 aliphatic rings. The molecule has 1 fully saturated rings. The van der Waals surface area contributed by atoms with Crippen molar-refractivity contribution in [3.05, 3.63) is 59.9 Å². The van der Waals surface area contributed by atoms with Crippen LogP contribution in [-0.2, 0) is 5.54 Å². The quantitative estimate of drug-likeness (QED) is 0.603. The maximum Gasteiger partial charge on any atom is 0.573 e. The first-order valence-electron chi connectivity index (χ1n) is 8.63. The number of anilines is 1. The van der Waals surface area contributed by atoms with Gasteiger partial charge in [0.15, 0.2) is 0 Å². The number of amides is 1. The first-order valence-corrected chi connectivity index (χ1v) is 8.63. The highest BCUT2D eigenvalue weighted by Gasteiger charge is 2.54. The van der Waals surface area contributed by atoms with E-state index in [0.29, 0.717) is 28.7 Å². The molecule has 0 saturated heterocycles. The molecule has 1 aromatic heterocycles. The molecule has 5 N–H and O–H groups in total. The van der Waals surface area contributed by atoms with Crippen molar-refractivity contribution in [3.63, 3.8) is 0 Å². The number of benzene rings is 2. The van der Waals surface area contributed by atoms with Crippen LogP contribution >= 0.6 is 0 Å². The van der Waals surface area contributed by atoms with Gasteiger partial charge in [0.05, 0.1) is 16.6 Å². The summed E-state index contributed by atoms with van der Waals surface area (Å²) in [6, 6.07) is 10.2. The zero-order chi connectivity index (χ0) is 20.8. The van der Waals surface area contributed by atoms with Crippen LogP contribution in [0, 0.1) is 0 Å². The molecule has 150 valence electrons. The summed E-state index contributed by atoms with van der Waals surface area (Å²) in [5.74, 6) is -0.482. The van der Waals surface area contributed by atoms with Crippen LogP contribution in [0.25, 0.3) is 10.9 Å². The lowest BCUT2D eigenvalue weighted by Crippen LogP contribution is -2.28. The highest BCUT2D eigenvalue weighted by molar-refractivity contribution is 6.07. The van der Waals surface area contributed by atoms with Gasteiger partial charge in [0.1, 0.15) is 17.9 Å². The van der Waals surface area contributed by atoms with E-state index in [1.807, 2.05) is 0 Å². The highest BCUT2D eigenvalue weighted by atomic mass is 19.4. The van der Waals surface area contributed by atoms with Crippen LogP contribution in [0.1, 0.15) is 22.3 Å². The van der Waals surface area contributed by atoms with Crippen LogP contribution in [-0.4, -0.2) is 28.3 Å². The summed E-state index contributed by atoms with van der Waals surface area (Å²) in [6.07, 6.45) is -2.90. The Labute approximate surface area is 162 Å². The summed E-state index contributed by atoms with van der Waals surface area (Å²) in [7, 11) is 0. The molecule has 1 aliphatic carbocycles. The number of nitrogens with zero attached hydrogens (tertiary/aromatic N) is 2. The second kappa shape index (κ2) is 6.59. The third kappa shape index (κ3) is 3.54. The largest absolute Gasteiger partial charge is 0.573 e. The summed E-state index contributed by atoms with van der Waals surface area (Å²) in [5.41, 5.74) is 12.2. The minimum atomic E-state index is -4.76. The van der Waals surface area contributed by atoms with Crippen molar-refractivity contribution < 1.29 is 22.7 Å². The van der Waals surface area contributed by atoms with Crippen molar-refractivity contribution in [1.82, 2.24) is 9.97 Å². The van der Waals surface area contributed by atoms with Crippen LogP contribution in [0.5, 0.6) is 5.75 Å². The number of nitrogens with one attached hydrogen (secondary N) is 1. The van der Waals surface area contributed by atoms with Crippen LogP contribution in [0.2, 0.25) is 0 Å². The predicted molar refractivity (Wildman–Crippen MR) is 99.1 cm³/mol. The van der Waals surface area contributed by atoms with Crippen LogP contribution < -0.4 is 21.5 Å². The maximum atomic E-state index is 12.4. The summed E-state index contributed by atoms with van der Waals surface area (Å²) in [4.78, 5) is 20.1. The summed E-state index contributed by atoms with van der Waals surface area (Å²) < 4.78 is 41.0. The standard InChI is InChI=1S/C19H16F3N5O2/c20-19(21,22)29-11-6-4-10(5-7-11)18(8-14(18)23)27-17-13-3-1-2-12(16(24)28)15(13)25-9-26-17/h1-7,9,14H,8,23H2,(H2,24,28)(H,25,26,27)/t14-,18?/m1/s1. The summed E-state index contributed by atoms with van der Waals surface area (Å²) >= 11 is 0. The number of fused-ring (bicyclic) bond motifs is 1. The minimum absolute atomic E-state index is 0.260. The molecule has 1 amide bonds. The van der Waals surface area contributed by atoms with E-state index in [0.717, 1.165) is 0 Å². The second-order valence-electron chi connectivity index (χ2n) is 6.77. The fraction of sp³-hybridized carbons (Fsp3) is 0.211. The van der Waals surface area contributed by atoms with Gasteiger partial charge in [-0.3, -0.25) is 4.79 Å². The number of para-hydroxylation sites is 1. The third-order valence-corrected chi connectivity index (χ3v) is 4.89. The van der Waals surface area contributed by atoms with Crippen LogP contribution in [0.4, 0.5) is 19.0 Å². The number of primary amides is 1. The van der Waals surface area contributed by atoms with Gasteiger partial charge in [-0.05, 0) is 36.2 Å². The maximum absolute atomic E-state index is 12.4. The molecule has 3 aromatic rings. The Morgan fingerprint density at radius 2 is 1.86 bits per heavy atom. The van der Waals surface area contributed by atoms with Gasteiger partial charge in [-0.2, -0.15) is 0 Å². The third-order valence-electron chi connectivity index (χ3n) is 4.89. The molecule has 1 saturated carbocycles. The van der Waals surface area contributed by atoms with E-state index in [4.69, 9.17) is 11.5 Å². The van der Waals surface area contributed by atoms with E-state index in [9.17, 15) is 18.0 Å². The monoisotopic (exact) mass is 403 g/mol. The lowest BCUT2D eigenvalue weighted by molar-refractivity contribution is -0.274. The number of hydrogen-bond acceptors (Lipinski definition) is 6. The number of aromatic nitrogens is 2. The van der Waals surface area contributed by atoms with Gasteiger partial charge < -0.3 is 21.5 Å². The first kappa shape index (κ1) is 18.9. The molecule has 7 nitrogen and oxygen atoms in total. The SMILES string of the molecule is NC(=O)c1cccc2c(NC3(c4ccc(OC(F)(F)F)cc4)C[C@H]3N)ncnc12. The van der Waals surface area contributed by atoms with Gasteiger partial charge in [0.25, 0.3) is 5.91 Å². The molecule has 1 unspecified atom stereocenters. The van der Waals surface area contributed by atoms with E-state index in [1.54, 1.807) is 18.2 Å². The number of alkyl halides is 3. The van der Waals surface area contributed by atoms with E-state index < -0.39 is 17.8 Å². The Bertz CT molecular complexity index is 1090. The second-order valence-corrected chi connectivity index (χ2v) is 6.77. The summed E-state index contributed by atoms with van der Waals surface area (Å²) in [6.45, 7) is 0. The molecule has 0 bridgehead atoms. The predicted octanol–water partition coefficient (Wildman–Crippen LogP) is 2.67.